The molecule has 1 saturated heterocycles. The Morgan fingerprint density at radius 3 is 2.43 bits per heavy atom. The summed E-state index contributed by atoms with van der Waals surface area (Å²) in [4.78, 5) is 11.9. The first kappa shape index (κ1) is 14.4. The molecule has 2 aromatic carbocycles. The number of nitrogens with zero attached hydrogens (tertiary/aromatic N) is 3. The van der Waals surface area contributed by atoms with Crippen LogP contribution in [0.15, 0.2) is 48.5 Å². The van der Waals surface area contributed by atoms with Crippen molar-refractivity contribution in [1.82, 2.24) is 15.3 Å². The van der Waals surface area contributed by atoms with E-state index in [1.807, 2.05) is 42.5 Å². The molecule has 1 aromatic heterocycles. The standard InChI is InChI=1S/C18H17ClN4/c19-14-7-5-13(6-8-14)17-15-3-1-2-4-16(15)21-18(22-17)23-11-9-20-10-12-23/h1-8,20H,9-12H2. The summed E-state index contributed by atoms with van der Waals surface area (Å²) < 4.78 is 0. The second kappa shape index (κ2) is 6.14. The molecule has 1 aliphatic heterocycles. The first-order valence-corrected chi connectivity index (χ1v) is 8.17. The van der Waals surface area contributed by atoms with Crippen molar-refractivity contribution in [3.8, 4) is 11.3 Å². The van der Waals surface area contributed by atoms with Gasteiger partial charge in [0.1, 0.15) is 0 Å². The van der Waals surface area contributed by atoms with Crippen LogP contribution in [0.1, 0.15) is 0 Å². The van der Waals surface area contributed by atoms with Gasteiger partial charge in [-0.05, 0) is 18.2 Å². The number of anilines is 1. The molecule has 1 N–H and O–H groups in total. The Kier molecular flexibility index (Phi) is 3.85. The lowest BCUT2D eigenvalue weighted by molar-refractivity contribution is 0.581. The van der Waals surface area contributed by atoms with E-state index in [0.29, 0.717) is 0 Å². The Morgan fingerprint density at radius 1 is 0.913 bits per heavy atom. The first-order valence-electron chi connectivity index (χ1n) is 7.80. The highest BCUT2D eigenvalue weighted by Gasteiger charge is 2.16. The van der Waals surface area contributed by atoms with Crippen molar-refractivity contribution in [2.75, 3.05) is 31.1 Å². The third-order valence-corrected chi connectivity index (χ3v) is 4.36. The average Bonchev–Trinajstić information content (AvgIpc) is 2.62. The Hall–Kier alpha value is -2.17. The van der Waals surface area contributed by atoms with Crippen LogP contribution in [0.5, 0.6) is 0 Å². The molecule has 0 amide bonds. The number of aromatic nitrogens is 2. The molecule has 1 aliphatic rings. The highest BCUT2D eigenvalue weighted by atomic mass is 35.5. The van der Waals surface area contributed by atoms with Gasteiger partial charge in [0.2, 0.25) is 5.95 Å². The largest absolute Gasteiger partial charge is 0.338 e. The molecule has 4 rings (SSSR count). The van der Waals surface area contributed by atoms with Crippen LogP contribution in [0.25, 0.3) is 22.2 Å². The van der Waals surface area contributed by atoms with Gasteiger partial charge >= 0.3 is 0 Å². The highest BCUT2D eigenvalue weighted by molar-refractivity contribution is 6.30. The predicted octanol–water partition coefficient (Wildman–Crippen LogP) is 3.36. The Bertz CT molecular complexity index is 826. The number of fused-ring (bicyclic) bond motifs is 1. The van der Waals surface area contributed by atoms with Crippen molar-refractivity contribution in [3.05, 3.63) is 53.6 Å². The van der Waals surface area contributed by atoms with Crippen LogP contribution in [-0.2, 0) is 0 Å². The van der Waals surface area contributed by atoms with Gasteiger partial charge in [-0.2, -0.15) is 0 Å². The van der Waals surface area contributed by atoms with Gasteiger partial charge in [-0.3, -0.25) is 0 Å². The Balaban J connectivity index is 1.88. The predicted molar refractivity (Wildman–Crippen MR) is 95.1 cm³/mol. The molecule has 116 valence electrons. The van der Waals surface area contributed by atoms with Crippen LogP contribution in [0.2, 0.25) is 5.02 Å². The summed E-state index contributed by atoms with van der Waals surface area (Å²) in [5.74, 6) is 0.801. The number of rotatable bonds is 2. The minimum absolute atomic E-state index is 0.731. The normalized spacial score (nSPS) is 15.1. The molecule has 0 bridgehead atoms. The molecule has 0 aliphatic carbocycles. The lowest BCUT2D eigenvalue weighted by atomic mass is 10.1. The number of hydrogen-bond donors (Lipinski definition) is 1. The molecule has 0 spiro atoms. The summed E-state index contributed by atoms with van der Waals surface area (Å²) >= 11 is 6.02. The van der Waals surface area contributed by atoms with Crippen molar-refractivity contribution in [2.45, 2.75) is 0 Å². The van der Waals surface area contributed by atoms with Crippen LogP contribution < -0.4 is 10.2 Å². The summed E-state index contributed by atoms with van der Waals surface area (Å²) in [6, 6.07) is 16.0. The number of nitrogens with one attached hydrogen (secondary N) is 1. The summed E-state index contributed by atoms with van der Waals surface area (Å²) in [5.41, 5.74) is 2.99. The lowest BCUT2D eigenvalue weighted by Crippen LogP contribution is -2.44. The van der Waals surface area contributed by atoms with Crippen LogP contribution in [0.3, 0.4) is 0 Å². The quantitative estimate of drug-likeness (QED) is 0.785. The van der Waals surface area contributed by atoms with Gasteiger partial charge in [0.15, 0.2) is 0 Å². The zero-order valence-electron chi connectivity index (χ0n) is 12.7. The molecule has 0 unspecified atom stereocenters. The molecule has 0 radical (unpaired) electrons. The number of benzene rings is 2. The second-order valence-corrected chi connectivity index (χ2v) is 6.07. The molecule has 23 heavy (non-hydrogen) atoms. The van der Waals surface area contributed by atoms with Crippen LogP contribution >= 0.6 is 11.6 Å². The summed E-state index contributed by atoms with van der Waals surface area (Å²) in [5, 5.41) is 5.16. The molecule has 1 fully saturated rings. The van der Waals surface area contributed by atoms with Gasteiger partial charge in [-0.15, -0.1) is 0 Å². The van der Waals surface area contributed by atoms with Crippen molar-refractivity contribution >= 4 is 28.5 Å². The average molecular weight is 325 g/mol. The maximum Gasteiger partial charge on any atom is 0.226 e. The van der Waals surface area contributed by atoms with Crippen molar-refractivity contribution in [1.29, 1.82) is 0 Å². The molecule has 4 nitrogen and oxygen atoms in total. The number of halogens is 1. The zero-order chi connectivity index (χ0) is 15.6. The summed E-state index contributed by atoms with van der Waals surface area (Å²) in [6.45, 7) is 3.79. The van der Waals surface area contributed by atoms with Crippen LogP contribution in [0.4, 0.5) is 5.95 Å². The SMILES string of the molecule is Clc1ccc(-c2nc(N3CCNCC3)nc3ccccc23)cc1. The Labute approximate surface area is 140 Å². The van der Waals surface area contributed by atoms with E-state index >= 15 is 0 Å². The molecule has 5 heteroatoms. The third kappa shape index (κ3) is 2.87. The van der Waals surface area contributed by atoms with Crippen molar-refractivity contribution in [3.63, 3.8) is 0 Å². The number of para-hydroxylation sites is 1. The van der Waals surface area contributed by atoms with E-state index in [0.717, 1.165) is 59.3 Å². The second-order valence-electron chi connectivity index (χ2n) is 5.63. The van der Waals surface area contributed by atoms with Gasteiger partial charge < -0.3 is 10.2 Å². The fourth-order valence-electron chi connectivity index (χ4n) is 2.90. The van der Waals surface area contributed by atoms with Gasteiger partial charge in [-0.1, -0.05) is 41.9 Å². The van der Waals surface area contributed by atoms with Crippen LogP contribution in [-0.4, -0.2) is 36.1 Å². The van der Waals surface area contributed by atoms with Crippen LogP contribution in [0, 0.1) is 0 Å². The van der Waals surface area contributed by atoms with Gasteiger partial charge in [0.05, 0.1) is 11.2 Å². The lowest BCUT2D eigenvalue weighted by Gasteiger charge is -2.28. The molecular formula is C18H17ClN4. The van der Waals surface area contributed by atoms with Crippen molar-refractivity contribution < 1.29 is 0 Å². The minimum atomic E-state index is 0.731. The van der Waals surface area contributed by atoms with E-state index in [9.17, 15) is 0 Å². The topological polar surface area (TPSA) is 41.1 Å². The maximum absolute atomic E-state index is 6.02. The minimum Gasteiger partial charge on any atom is -0.338 e. The van der Waals surface area contributed by atoms with Gasteiger partial charge in [0.25, 0.3) is 0 Å². The number of hydrogen-bond acceptors (Lipinski definition) is 4. The van der Waals surface area contributed by atoms with E-state index in [2.05, 4.69) is 16.3 Å². The number of piperazine rings is 1. The summed E-state index contributed by atoms with van der Waals surface area (Å²) in [7, 11) is 0. The molecular weight excluding hydrogens is 308 g/mol. The van der Waals surface area contributed by atoms with E-state index in [1.165, 1.54) is 0 Å². The van der Waals surface area contributed by atoms with Gasteiger partial charge in [0, 0.05) is 42.2 Å². The molecule has 3 aromatic rings. The third-order valence-electron chi connectivity index (χ3n) is 4.11. The van der Waals surface area contributed by atoms with E-state index < -0.39 is 0 Å². The summed E-state index contributed by atoms with van der Waals surface area (Å²) in [6.07, 6.45) is 0. The molecule has 0 atom stereocenters. The fraction of sp³-hybridized carbons (Fsp3) is 0.222. The smallest absolute Gasteiger partial charge is 0.226 e. The van der Waals surface area contributed by atoms with Crippen molar-refractivity contribution in [2.24, 2.45) is 0 Å². The first-order chi connectivity index (χ1) is 11.3. The van der Waals surface area contributed by atoms with E-state index in [1.54, 1.807) is 0 Å². The van der Waals surface area contributed by atoms with Gasteiger partial charge in [-0.25, -0.2) is 9.97 Å². The monoisotopic (exact) mass is 324 g/mol. The Morgan fingerprint density at radius 2 is 1.65 bits per heavy atom. The van der Waals surface area contributed by atoms with E-state index in [-0.39, 0.29) is 0 Å². The highest BCUT2D eigenvalue weighted by Crippen LogP contribution is 2.29. The fourth-order valence-corrected chi connectivity index (χ4v) is 3.02. The maximum atomic E-state index is 6.02. The molecule has 2 heterocycles. The zero-order valence-corrected chi connectivity index (χ0v) is 13.4. The van der Waals surface area contributed by atoms with E-state index in [4.69, 9.17) is 21.6 Å². The molecule has 0 saturated carbocycles.